The minimum absolute atomic E-state index is 0.467. The predicted octanol–water partition coefficient (Wildman–Crippen LogP) is 1.32. The Morgan fingerprint density at radius 3 is 2.07 bits per heavy atom. The van der Waals surface area contributed by atoms with Crippen molar-refractivity contribution in [2.45, 2.75) is 26.9 Å². The third kappa shape index (κ3) is 5.01. The van der Waals surface area contributed by atoms with Gasteiger partial charge in [-0.3, -0.25) is 4.79 Å². The van der Waals surface area contributed by atoms with E-state index in [0.29, 0.717) is 0 Å². The van der Waals surface area contributed by atoms with Gasteiger partial charge < -0.3 is 10.4 Å². The molecule has 0 rings (SSSR count). The fraction of sp³-hybridized carbons (Fsp3) is 0.889. The molecule has 0 saturated carbocycles. The highest BCUT2D eigenvalue weighted by Gasteiger charge is 2.39. The van der Waals surface area contributed by atoms with Crippen molar-refractivity contribution >= 4 is 5.91 Å². The molecule has 15 heavy (non-hydrogen) atoms. The molecule has 0 aromatic heterocycles. The molecule has 1 amide bonds. The zero-order valence-corrected chi connectivity index (χ0v) is 8.98. The van der Waals surface area contributed by atoms with Gasteiger partial charge in [0.15, 0.2) is 0 Å². The van der Waals surface area contributed by atoms with Crippen LogP contribution in [0, 0.1) is 11.3 Å². The molecule has 0 aliphatic rings. The lowest BCUT2D eigenvalue weighted by molar-refractivity contribution is -0.182. The number of hydrogen-bond acceptors (Lipinski definition) is 2. The highest BCUT2D eigenvalue weighted by atomic mass is 19.4. The lowest BCUT2D eigenvalue weighted by Crippen LogP contribution is -2.42. The molecule has 0 saturated heterocycles. The Morgan fingerprint density at radius 1 is 1.33 bits per heavy atom. The average Bonchev–Trinajstić information content (AvgIpc) is 2.00. The summed E-state index contributed by atoms with van der Waals surface area (Å²) in [6.45, 7) is 3.20. The molecule has 1 unspecified atom stereocenters. The number of amides is 1. The number of carbonyl (C=O) groups is 1. The Bertz CT molecular complexity index is 220. The number of hydrogen-bond donors (Lipinski definition) is 2. The van der Waals surface area contributed by atoms with Gasteiger partial charge in [-0.15, -0.1) is 0 Å². The van der Waals surface area contributed by atoms with E-state index in [9.17, 15) is 18.0 Å². The number of rotatable bonds is 3. The summed E-state index contributed by atoms with van der Waals surface area (Å²) in [7, 11) is 0. The van der Waals surface area contributed by atoms with Gasteiger partial charge in [0.1, 0.15) is 0 Å². The summed E-state index contributed by atoms with van der Waals surface area (Å²) in [5, 5.41) is 10.7. The molecule has 1 atom stereocenters. The summed E-state index contributed by atoms with van der Waals surface area (Å²) in [6, 6.07) is 0. The highest BCUT2D eigenvalue weighted by molar-refractivity contribution is 5.81. The van der Waals surface area contributed by atoms with Gasteiger partial charge in [-0.25, -0.2) is 0 Å². The zero-order valence-electron chi connectivity index (χ0n) is 8.98. The second kappa shape index (κ2) is 4.83. The second-order valence-corrected chi connectivity index (χ2v) is 4.38. The van der Waals surface area contributed by atoms with Crippen LogP contribution >= 0.6 is 0 Å². The second-order valence-electron chi connectivity index (χ2n) is 4.38. The Hall–Kier alpha value is -0.780. The summed E-state index contributed by atoms with van der Waals surface area (Å²) in [5.41, 5.74) is -0.731. The number of alkyl halides is 3. The molecule has 0 bridgehead atoms. The van der Waals surface area contributed by atoms with Crippen molar-refractivity contribution in [3.8, 4) is 0 Å². The van der Waals surface area contributed by atoms with Crippen molar-refractivity contribution in [1.29, 1.82) is 0 Å². The summed E-state index contributed by atoms with van der Waals surface area (Å²) < 4.78 is 36.5. The quantitative estimate of drug-likeness (QED) is 0.764. The first kappa shape index (κ1) is 14.2. The van der Waals surface area contributed by atoms with Crippen molar-refractivity contribution in [3.63, 3.8) is 0 Å². The standard InChI is InChI=1S/C9H16F3NO2/c1-8(2,3)7(15)13-4-6(5-14)9(10,11)12/h6,14H,4-5H2,1-3H3,(H,13,15). The van der Waals surface area contributed by atoms with Gasteiger partial charge in [0.05, 0.1) is 12.5 Å². The monoisotopic (exact) mass is 227 g/mol. The maximum absolute atomic E-state index is 12.2. The Kier molecular flexibility index (Phi) is 4.58. The maximum Gasteiger partial charge on any atom is 0.395 e. The largest absolute Gasteiger partial charge is 0.396 e. The van der Waals surface area contributed by atoms with E-state index in [1.807, 2.05) is 0 Å². The normalized spacial score (nSPS) is 14.9. The molecule has 3 nitrogen and oxygen atoms in total. The number of halogens is 3. The first-order valence-corrected chi connectivity index (χ1v) is 4.55. The van der Waals surface area contributed by atoms with Gasteiger partial charge in [-0.2, -0.15) is 13.2 Å². The summed E-state index contributed by atoms with van der Waals surface area (Å²) in [5.74, 6) is -2.37. The van der Waals surface area contributed by atoms with Crippen LogP contribution in [0.2, 0.25) is 0 Å². The third-order valence-corrected chi connectivity index (χ3v) is 1.87. The van der Waals surface area contributed by atoms with Crippen molar-refractivity contribution in [3.05, 3.63) is 0 Å². The molecular weight excluding hydrogens is 211 g/mol. The van der Waals surface area contributed by atoms with Crippen LogP contribution in [0.5, 0.6) is 0 Å². The van der Waals surface area contributed by atoms with E-state index in [-0.39, 0.29) is 0 Å². The van der Waals surface area contributed by atoms with Crippen molar-refractivity contribution in [2.75, 3.05) is 13.2 Å². The number of nitrogens with one attached hydrogen (secondary N) is 1. The molecule has 0 aromatic rings. The Balaban J connectivity index is 4.20. The fourth-order valence-corrected chi connectivity index (χ4v) is 0.765. The maximum atomic E-state index is 12.2. The van der Waals surface area contributed by atoms with E-state index in [0.717, 1.165) is 0 Å². The van der Waals surface area contributed by atoms with Crippen LogP contribution < -0.4 is 5.32 Å². The van der Waals surface area contributed by atoms with Crippen LogP contribution in [0.3, 0.4) is 0 Å². The van der Waals surface area contributed by atoms with Crippen LogP contribution in [0.1, 0.15) is 20.8 Å². The van der Waals surface area contributed by atoms with Crippen LogP contribution in [0.15, 0.2) is 0 Å². The molecule has 90 valence electrons. The molecule has 6 heteroatoms. The lowest BCUT2D eigenvalue weighted by Gasteiger charge is -2.22. The van der Waals surface area contributed by atoms with Crippen LogP contribution in [0.4, 0.5) is 13.2 Å². The highest BCUT2D eigenvalue weighted by Crippen LogP contribution is 2.25. The molecule has 2 N–H and O–H groups in total. The SMILES string of the molecule is CC(C)(C)C(=O)NCC(CO)C(F)(F)F. The first-order valence-electron chi connectivity index (χ1n) is 4.55. The zero-order chi connectivity index (χ0) is 12.3. The molecular formula is C9H16F3NO2. The summed E-state index contributed by atoms with van der Waals surface area (Å²) in [4.78, 5) is 11.3. The number of aliphatic hydroxyl groups excluding tert-OH is 1. The van der Waals surface area contributed by atoms with E-state index in [1.54, 1.807) is 20.8 Å². The topological polar surface area (TPSA) is 49.3 Å². The van der Waals surface area contributed by atoms with Gasteiger partial charge in [0, 0.05) is 12.0 Å². The molecule has 0 fully saturated rings. The smallest absolute Gasteiger partial charge is 0.395 e. The summed E-state index contributed by atoms with van der Waals surface area (Å²) >= 11 is 0. The van der Waals surface area contributed by atoms with Crippen LogP contribution in [-0.2, 0) is 4.79 Å². The minimum Gasteiger partial charge on any atom is -0.396 e. The van der Waals surface area contributed by atoms with Gasteiger partial charge >= 0.3 is 6.18 Å². The molecule has 0 aliphatic carbocycles. The molecule has 0 radical (unpaired) electrons. The van der Waals surface area contributed by atoms with Gasteiger partial charge in [0.25, 0.3) is 0 Å². The van der Waals surface area contributed by atoms with E-state index in [1.165, 1.54) is 0 Å². The van der Waals surface area contributed by atoms with E-state index in [4.69, 9.17) is 5.11 Å². The van der Waals surface area contributed by atoms with E-state index >= 15 is 0 Å². The third-order valence-electron chi connectivity index (χ3n) is 1.87. The van der Waals surface area contributed by atoms with Crippen molar-refractivity contribution in [2.24, 2.45) is 11.3 Å². The minimum atomic E-state index is -4.49. The van der Waals surface area contributed by atoms with Crippen molar-refractivity contribution in [1.82, 2.24) is 5.32 Å². The van der Waals surface area contributed by atoms with Gasteiger partial charge in [0.2, 0.25) is 5.91 Å². The Labute approximate surface area is 86.7 Å². The average molecular weight is 227 g/mol. The first-order chi connectivity index (χ1) is 6.59. The lowest BCUT2D eigenvalue weighted by atomic mass is 9.95. The number of carbonyl (C=O) groups excluding carboxylic acids is 1. The summed E-state index contributed by atoms with van der Waals surface area (Å²) in [6.07, 6.45) is -4.49. The molecule has 0 aliphatic heterocycles. The van der Waals surface area contributed by atoms with Crippen molar-refractivity contribution < 1.29 is 23.1 Å². The van der Waals surface area contributed by atoms with Gasteiger partial charge in [-0.1, -0.05) is 20.8 Å². The molecule has 0 heterocycles. The van der Waals surface area contributed by atoms with Crippen LogP contribution in [0.25, 0.3) is 0 Å². The van der Waals surface area contributed by atoms with Gasteiger partial charge in [-0.05, 0) is 0 Å². The Morgan fingerprint density at radius 2 is 1.80 bits per heavy atom. The predicted molar refractivity (Wildman–Crippen MR) is 49.1 cm³/mol. The fourth-order valence-electron chi connectivity index (χ4n) is 0.765. The number of aliphatic hydroxyl groups is 1. The molecule has 0 spiro atoms. The van der Waals surface area contributed by atoms with Crippen LogP contribution in [-0.4, -0.2) is 30.3 Å². The van der Waals surface area contributed by atoms with E-state index < -0.39 is 36.6 Å². The molecule has 0 aromatic carbocycles. The van der Waals surface area contributed by atoms with E-state index in [2.05, 4.69) is 5.32 Å².